The molecule has 1 aromatic rings. The first-order valence-corrected chi connectivity index (χ1v) is 6.11. The SMILES string of the molecule is CNCC(=O)NC(c1ccc(Cl)cc1)C(C)C. The van der Waals surface area contributed by atoms with Crippen LogP contribution >= 0.6 is 11.6 Å². The first kappa shape index (κ1) is 14.0. The Hall–Kier alpha value is -1.06. The van der Waals surface area contributed by atoms with E-state index < -0.39 is 0 Å². The molecule has 0 fully saturated rings. The van der Waals surface area contributed by atoms with Crippen LogP contribution in [0.25, 0.3) is 0 Å². The lowest BCUT2D eigenvalue weighted by molar-refractivity contribution is -0.121. The van der Waals surface area contributed by atoms with Crippen LogP contribution in [0.4, 0.5) is 0 Å². The van der Waals surface area contributed by atoms with E-state index in [4.69, 9.17) is 11.6 Å². The highest BCUT2D eigenvalue weighted by molar-refractivity contribution is 6.30. The zero-order valence-electron chi connectivity index (χ0n) is 10.5. The number of hydrogen-bond donors (Lipinski definition) is 2. The maximum atomic E-state index is 11.6. The van der Waals surface area contributed by atoms with Crippen molar-refractivity contribution in [1.29, 1.82) is 0 Å². The number of halogens is 1. The summed E-state index contributed by atoms with van der Waals surface area (Å²) in [5.41, 5.74) is 1.08. The number of nitrogens with one attached hydrogen (secondary N) is 2. The van der Waals surface area contributed by atoms with Crippen molar-refractivity contribution in [3.63, 3.8) is 0 Å². The lowest BCUT2D eigenvalue weighted by atomic mass is 9.96. The summed E-state index contributed by atoms with van der Waals surface area (Å²) in [6.07, 6.45) is 0. The van der Waals surface area contributed by atoms with Gasteiger partial charge in [0.2, 0.25) is 5.91 Å². The second kappa shape index (κ2) is 6.62. The van der Waals surface area contributed by atoms with E-state index in [-0.39, 0.29) is 11.9 Å². The van der Waals surface area contributed by atoms with Crippen LogP contribution in [-0.4, -0.2) is 19.5 Å². The average Bonchev–Trinajstić information content (AvgIpc) is 2.27. The molecule has 1 unspecified atom stereocenters. The molecule has 1 aromatic carbocycles. The topological polar surface area (TPSA) is 41.1 Å². The number of likely N-dealkylation sites (N-methyl/N-ethyl adjacent to an activating group) is 1. The highest BCUT2D eigenvalue weighted by atomic mass is 35.5. The molecule has 0 aliphatic carbocycles. The molecule has 4 heteroatoms. The Morgan fingerprint density at radius 1 is 1.29 bits per heavy atom. The van der Waals surface area contributed by atoms with E-state index >= 15 is 0 Å². The molecule has 0 radical (unpaired) electrons. The zero-order chi connectivity index (χ0) is 12.8. The number of benzene rings is 1. The Balaban J connectivity index is 2.79. The van der Waals surface area contributed by atoms with Crippen LogP contribution in [0, 0.1) is 5.92 Å². The van der Waals surface area contributed by atoms with Crippen LogP contribution in [0.15, 0.2) is 24.3 Å². The molecule has 0 bridgehead atoms. The molecule has 17 heavy (non-hydrogen) atoms. The van der Waals surface area contributed by atoms with Gasteiger partial charge in [-0.3, -0.25) is 4.79 Å². The Bertz CT molecular complexity index is 362. The number of carbonyl (C=O) groups excluding carboxylic acids is 1. The fraction of sp³-hybridized carbons (Fsp3) is 0.462. The molecule has 0 aromatic heterocycles. The molecule has 0 aliphatic heterocycles. The van der Waals surface area contributed by atoms with Crippen LogP contribution in [0.5, 0.6) is 0 Å². The Morgan fingerprint density at radius 3 is 2.35 bits per heavy atom. The number of amides is 1. The van der Waals surface area contributed by atoms with Crippen molar-refractivity contribution >= 4 is 17.5 Å². The Kier molecular flexibility index (Phi) is 5.45. The molecule has 1 amide bonds. The highest BCUT2D eigenvalue weighted by Gasteiger charge is 2.17. The maximum Gasteiger partial charge on any atom is 0.234 e. The third-order valence-corrected chi connectivity index (χ3v) is 2.80. The first-order chi connectivity index (χ1) is 8.04. The second-order valence-corrected chi connectivity index (χ2v) is 4.81. The van der Waals surface area contributed by atoms with E-state index in [9.17, 15) is 4.79 Å². The fourth-order valence-corrected chi connectivity index (χ4v) is 1.82. The first-order valence-electron chi connectivity index (χ1n) is 5.74. The van der Waals surface area contributed by atoms with Gasteiger partial charge in [-0.15, -0.1) is 0 Å². The van der Waals surface area contributed by atoms with Gasteiger partial charge < -0.3 is 10.6 Å². The number of carbonyl (C=O) groups is 1. The largest absolute Gasteiger partial charge is 0.348 e. The van der Waals surface area contributed by atoms with Crippen molar-refractivity contribution in [3.8, 4) is 0 Å². The maximum absolute atomic E-state index is 11.6. The quantitative estimate of drug-likeness (QED) is 0.847. The summed E-state index contributed by atoms with van der Waals surface area (Å²) in [7, 11) is 1.76. The molecule has 2 N–H and O–H groups in total. The van der Waals surface area contributed by atoms with Crippen LogP contribution < -0.4 is 10.6 Å². The molecule has 1 atom stereocenters. The molecular weight excluding hydrogens is 236 g/mol. The minimum atomic E-state index is 0.00106. The summed E-state index contributed by atoms with van der Waals surface area (Å²) in [5, 5.41) is 6.55. The van der Waals surface area contributed by atoms with E-state index in [1.54, 1.807) is 7.05 Å². The molecule has 94 valence electrons. The highest BCUT2D eigenvalue weighted by Crippen LogP contribution is 2.23. The second-order valence-electron chi connectivity index (χ2n) is 4.37. The van der Waals surface area contributed by atoms with E-state index in [0.29, 0.717) is 17.5 Å². The number of rotatable bonds is 5. The molecule has 0 saturated heterocycles. The van der Waals surface area contributed by atoms with Crippen LogP contribution in [0.3, 0.4) is 0 Å². The van der Waals surface area contributed by atoms with E-state index in [1.165, 1.54) is 0 Å². The third-order valence-electron chi connectivity index (χ3n) is 2.55. The minimum absolute atomic E-state index is 0.00106. The Morgan fingerprint density at radius 2 is 1.88 bits per heavy atom. The smallest absolute Gasteiger partial charge is 0.234 e. The van der Waals surface area contributed by atoms with Gasteiger partial charge in [-0.2, -0.15) is 0 Å². The minimum Gasteiger partial charge on any atom is -0.348 e. The van der Waals surface area contributed by atoms with E-state index in [2.05, 4.69) is 24.5 Å². The van der Waals surface area contributed by atoms with E-state index in [0.717, 1.165) is 5.56 Å². The van der Waals surface area contributed by atoms with Crippen LogP contribution in [0.2, 0.25) is 5.02 Å². The van der Waals surface area contributed by atoms with Crippen molar-refractivity contribution in [3.05, 3.63) is 34.9 Å². The van der Waals surface area contributed by atoms with Gasteiger partial charge in [0.1, 0.15) is 0 Å². The molecule has 1 rings (SSSR count). The van der Waals surface area contributed by atoms with Crippen LogP contribution in [0.1, 0.15) is 25.5 Å². The van der Waals surface area contributed by atoms with E-state index in [1.807, 2.05) is 24.3 Å². The molecule has 0 saturated carbocycles. The van der Waals surface area contributed by atoms with Gasteiger partial charge in [0.15, 0.2) is 0 Å². The van der Waals surface area contributed by atoms with Crippen molar-refractivity contribution in [1.82, 2.24) is 10.6 Å². The van der Waals surface area contributed by atoms with Gasteiger partial charge in [-0.05, 0) is 30.7 Å². The summed E-state index contributed by atoms with van der Waals surface area (Å²) in [5.74, 6) is 0.332. The van der Waals surface area contributed by atoms with Gasteiger partial charge >= 0.3 is 0 Å². The summed E-state index contributed by atoms with van der Waals surface area (Å²) in [6, 6.07) is 7.61. The van der Waals surface area contributed by atoms with Gasteiger partial charge in [-0.1, -0.05) is 37.6 Å². The van der Waals surface area contributed by atoms with Gasteiger partial charge in [0.25, 0.3) is 0 Å². The predicted molar refractivity (Wildman–Crippen MR) is 71.1 cm³/mol. The molecular formula is C13H19ClN2O. The lowest BCUT2D eigenvalue weighted by Gasteiger charge is -2.23. The van der Waals surface area contributed by atoms with Gasteiger partial charge in [0.05, 0.1) is 12.6 Å². The predicted octanol–water partition coefficient (Wildman–Crippen LogP) is 2.37. The van der Waals surface area contributed by atoms with Crippen molar-refractivity contribution in [2.75, 3.05) is 13.6 Å². The standard InChI is InChI=1S/C13H19ClN2O/c1-9(2)13(16-12(17)8-15-3)10-4-6-11(14)7-5-10/h4-7,9,13,15H,8H2,1-3H3,(H,16,17). The molecule has 0 spiro atoms. The fourth-order valence-electron chi connectivity index (χ4n) is 1.69. The Labute approximate surface area is 108 Å². The van der Waals surface area contributed by atoms with Gasteiger partial charge in [-0.25, -0.2) is 0 Å². The monoisotopic (exact) mass is 254 g/mol. The summed E-state index contributed by atoms with van der Waals surface area (Å²) < 4.78 is 0. The van der Waals surface area contributed by atoms with Gasteiger partial charge in [0, 0.05) is 5.02 Å². The van der Waals surface area contributed by atoms with Crippen molar-refractivity contribution in [2.45, 2.75) is 19.9 Å². The average molecular weight is 255 g/mol. The summed E-state index contributed by atoms with van der Waals surface area (Å²) in [4.78, 5) is 11.6. The molecule has 0 aliphatic rings. The normalized spacial score (nSPS) is 12.5. The summed E-state index contributed by atoms with van der Waals surface area (Å²) >= 11 is 5.85. The third kappa shape index (κ3) is 4.36. The summed E-state index contributed by atoms with van der Waals surface area (Å²) in [6.45, 7) is 4.49. The van der Waals surface area contributed by atoms with Crippen molar-refractivity contribution < 1.29 is 4.79 Å². The lowest BCUT2D eigenvalue weighted by Crippen LogP contribution is -2.37. The number of hydrogen-bond acceptors (Lipinski definition) is 2. The zero-order valence-corrected chi connectivity index (χ0v) is 11.2. The molecule has 3 nitrogen and oxygen atoms in total. The molecule has 0 heterocycles. The van der Waals surface area contributed by atoms with Crippen molar-refractivity contribution in [2.24, 2.45) is 5.92 Å². The van der Waals surface area contributed by atoms with Crippen LogP contribution in [-0.2, 0) is 4.79 Å².